The molecular weight excluding hydrogens is 168 g/mol. The highest BCUT2D eigenvalue weighted by Gasteiger charge is 2.18. The van der Waals surface area contributed by atoms with Gasteiger partial charge in [0.1, 0.15) is 0 Å². The Morgan fingerprint density at radius 3 is 2.54 bits per heavy atom. The van der Waals surface area contributed by atoms with Crippen LogP contribution in [0.15, 0.2) is 0 Å². The molecule has 0 bridgehead atoms. The number of piperazine rings is 1. The van der Waals surface area contributed by atoms with E-state index in [1.807, 2.05) is 0 Å². The molecule has 0 aromatic rings. The highest BCUT2D eigenvalue weighted by atomic mass is 16.7. The van der Waals surface area contributed by atoms with Crippen LogP contribution in [0.3, 0.4) is 0 Å². The van der Waals surface area contributed by atoms with Crippen LogP contribution in [0, 0.1) is 0 Å². The summed E-state index contributed by atoms with van der Waals surface area (Å²) in [6.07, 6.45) is 1.05. The maximum atomic E-state index is 5.37. The van der Waals surface area contributed by atoms with Crippen LogP contribution >= 0.6 is 0 Å². The van der Waals surface area contributed by atoms with Gasteiger partial charge in [-0.1, -0.05) is 0 Å². The number of nitrogens with zero attached hydrogens (tertiary/aromatic N) is 2. The summed E-state index contributed by atoms with van der Waals surface area (Å²) in [6.45, 7) is 6.80. The molecule has 2 aliphatic heterocycles. The summed E-state index contributed by atoms with van der Waals surface area (Å²) in [7, 11) is 0. The average Bonchev–Trinajstić information content (AvgIpc) is 2.69. The van der Waals surface area contributed by atoms with Crippen LogP contribution in [0.5, 0.6) is 0 Å². The Morgan fingerprint density at radius 1 is 1.15 bits per heavy atom. The summed E-state index contributed by atoms with van der Waals surface area (Å²) in [5, 5.41) is 4.30. The van der Waals surface area contributed by atoms with Crippen molar-refractivity contribution in [1.82, 2.24) is 10.2 Å². The Labute approximate surface area is 79.2 Å². The van der Waals surface area contributed by atoms with Gasteiger partial charge in [-0.2, -0.15) is 0 Å². The van der Waals surface area contributed by atoms with E-state index in [1.165, 1.54) is 0 Å². The van der Waals surface area contributed by atoms with E-state index in [1.54, 1.807) is 0 Å². The van der Waals surface area contributed by atoms with Crippen LogP contribution in [0.2, 0.25) is 0 Å². The highest BCUT2D eigenvalue weighted by Crippen LogP contribution is 2.08. The number of ether oxygens (including phenoxy) is 2. The van der Waals surface area contributed by atoms with Gasteiger partial charge >= 0.3 is 0 Å². The van der Waals surface area contributed by atoms with Gasteiger partial charge < -0.3 is 14.4 Å². The predicted octanol–water partition coefficient (Wildman–Crippen LogP) is -0.331. The molecule has 4 nitrogen and oxygen atoms in total. The van der Waals surface area contributed by atoms with E-state index in [2.05, 4.69) is 10.2 Å². The third-order valence-electron chi connectivity index (χ3n) is 2.52. The first-order valence-corrected chi connectivity index (χ1v) is 5.04. The molecule has 2 rings (SSSR count). The lowest BCUT2D eigenvalue weighted by Crippen LogP contribution is -2.41. The van der Waals surface area contributed by atoms with Crippen LogP contribution in [0.1, 0.15) is 6.42 Å². The van der Waals surface area contributed by atoms with Crippen molar-refractivity contribution in [3.05, 3.63) is 0 Å². The zero-order valence-corrected chi connectivity index (χ0v) is 7.95. The van der Waals surface area contributed by atoms with Crippen molar-refractivity contribution < 1.29 is 9.47 Å². The molecular formula is C9H17N2O2. The Balaban J connectivity index is 1.60. The summed E-state index contributed by atoms with van der Waals surface area (Å²) >= 11 is 0. The van der Waals surface area contributed by atoms with Gasteiger partial charge in [0.2, 0.25) is 0 Å². The molecule has 0 aromatic heterocycles. The van der Waals surface area contributed by atoms with E-state index >= 15 is 0 Å². The van der Waals surface area contributed by atoms with Gasteiger partial charge in [-0.25, -0.2) is 5.32 Å². The minimum atomic E-state index is 0.0545. The molecule has 13 heavy (non-hydrogen) atoms. The molecule has 0 aliphatic carbocycles. The van der Waals surface area contributed by atoms with Gasteiger partial charge in [-0.3, -0.25) is 0 Å². The van der Waals surface area contributed by atoms with Gasteiger partial charge in [-0.15, -0.1) is 0 Å². The van der Waals surface area contributed by atoms with Gasteiger partial charge in [0, 0.05) is 39.1 Å². The summed E-state index contributed by atoms with van der Waals surface area (Å²) in [4.78, 5) is 2.43. The summed E-state index contributed by atoms with van der Waals surface area (Å²) in [5.41, 5.74) is 0. The van der Waals surface area contributed by atoms with E-state index in [-0.39, 0.29) is 6.29 Å². The van der Waals surface area contributed by atoms with E-state index in [0.29, 0.717) is 0 Å². The van der Waals surface area contributed by atoms with Crippen LogP contribution in [-0.4, -0.2) is 57.1 Å². The second-order valence-electron chi connectivity index (χ2n) is 3.47. The standard InChI is InChI=1S/C9H17N2O2/c1(9-12-7-8-13-9)4-11-5-2-10-3-6-11/h9H,1-8H2. The summed E-state index contributed by atoms with van der Waals surface area (Å²) in [5.74, 6) is 0. The Morgan fingerprint density at radius 2 is 1.85 bits per heavy atom. The minimum absolute atomic E-state index is 0.0545. The second kappa shape index (κ2) is 4.91. The minimum Gasteiger partial charge on any atom is -0.350 e. The number of hydrogen-bond acceptors (Lipinski definition) is 3. The molecule has 1 radical (unpaired) electrons. The fourth-order valence-corrected chi connectivity index (χ4v) is 1.73. The van der Waals surface area contributed by atoms with Crippen molar-refractivity contribution in [2.24, 2.45) is 0 Å². The molecule has 2 fully saturated rings. The SMILES string of the molecule is C1CN(CCC2OCCO2)CC[N]1. The molecule has 0 unspecified atom stereocenters. The average molecular weight is 185 g/mol. The largest absolute Gasteiger partial charge is 0.350 e. The predicted molar refractivity (Wildman–Crippen MR) is 48.6 cm³/mol. The Kier molecular flexibility index (Phi) is 3.55. The van der Waals surface area contributed by atoms with Gasteiger partial charge in [0.15, 0.2) is 6.29 Å². The summed E-state index contributed by atoms with van der Waals surface area (Å²) < 4.78 is 10.7. The lowest BCUT2D eigenvalue weighted by Gasteiger charge is -2.26. The zero-order valence-electron chi connectivity index (χ0n) is 7.95. The molecule has 2 heterocycles. The smallest absolute Gasteiger partial charge is 0.159 e. The molecule has 0 atom stereocenters. The molecule has 0 amide bonds. The topological polar surface area (TPSA) is 35.8 Å². The first kappa shape index (κ1) is 9.40. The van der Waals surface area contributed by atoms with E-state index in [9.17, 15) is 0 Å². The molecule has 0 N–H and O–H groups in total. The maximum Gasteiger partial charge on any atom is 0.159 e. The van der Waals surface area contributed by atoms with Gasteiger partial charge in [-0.05, 0) is 0 Å². The van der Waals surface area contributed by atoms with Gasteiger partial charge in [0.05, 0.1) is 13.2 Å². The zero-order chi connectivity index (χ0) is 8.93. The van der Waals surface area contributed by atoms with Crippen LogP contribution in [-0.2, 0) is 9.47 Å². The van der Waals surface area contributed by atoms with E-state index in [4.69, 9.17) is 9.47 Å². The Hall–Kier alpha value is -0.160. The molecule has 2 saturated heterocycles. The lowest BCUT2D eigenvalue weighted by molar-refractivity contribution is -0.0519. The lowest BCUT2D eigenvalue weighted by atomic mass is 10.3. The van der Waals surface area contributed by atoms with E-state index in [0.717, 1.165) is 52.4 Å². The van der Waals surface area contributed by atoms with Crippen LogP contribution in [0.4, 0.5) is 0 Å². The quantitative estimate of drug-likeness (QED) is 0.604. The van der Waals surface area contributed by atoms with Crippen LogP contribution < -0.4 is 5.32 Å². The number of hydrogen-bond donors (Lipinski definition) is 0. The van der Waals surface area contributed by atoms with Crippen molar-refractivity contribution in [1.29, 1.82) is 0 Å². The van der Waals surface area contributed by atoms with Crippen molar-refractivity contribution >= 4 is 0 Å². The van der Waals surface area contributed by atoms with Crippen molar-refractivity contribution in [3.63, 3.8) is 0 Å². The Bertz CT molecular complexity index is 143. The molecule has 75 valence electrons. The number of rotatable bonds is 3. The van der Waals surface area contributed by atoms with Crippen LogP contribution in [0.25, 0.3) is 0 Å². The third kappa shape index (κ3) is 2.91. The third-order valence-corrected chi connectivity index (χ3v) is 2.52. The second-order valence-corrected chi connectivity index (χ2v) is 3.47. The molecule has 4 heteroatoms. The highest BCUT2D eigenvalue weighted by molar-refractivity contribution is 4.68. The molecule has 0 spiro atoms. The molecule has 0 saturated carbocycles. The monoisotopic (exact) mass is 185 g/mol. The van der Waals surface area contributed by atoms with Crippen molar-refractivity contribution in [2.45, 2.75) is 12.7 Å². The first-order chi connectivity index (χ1) is 6.45. The first-order valence-electron chi connectivity index (χ1n) is 5.04. The van der Waals surface area contributed by atoms with Crippen molar-refractivity contribution in [3.8, 4) is 0 Å². The molecule has 0 aromatic carbocycles. The fourth-order valence-electron chi connectivity index (χ4n) is 1.73. The fraction of sp³-hybridized carbons (Fsp3) is 1.00. The van der Waals surface area contributed by atoms with Gasteiger partial charge in [0.25, 0.3) is 0 Å². The normalized spacial score (nSPS) is 26.8. The molecule has 2 aliphatic rings. The van der Waals surface area contributed by atoms with Crippen molar-refractivity contribution in [2.75, 3.05) is 45.9 Å². The van der Waals surface area contributed by atoms with E-state index < -0.39 is 0 Å². The summed E-state index contributed by atoms with van der Waals surface area (Å²) in [6, 6.07) is 0. The maximum absolute atomic E-state index is 5.37.